The maximum Gasteiger partial charge on any atom is 0.202 e. The first-order chi connectivity index (χ1) is 16.0. The molecule has 0 N–H and O–H groups in total. The monoisotopic (exact) mass is 496 g/mol. The van der Waals surface area contributed by atoms with Gasteiger partial charge in [-0.3, -0.25) is 4.98 Å². The van der Waals surface area contributed by atoms with Crippen LogP contribution in [-0.2, 0) is 12.5 Å². The third kappa shape index (κ3) is 4.01. The minimum Gasteiger partial charge on any atom is -0.440 e. The number of thioether (sulfide) groups is 1. The Bertz CT molecular complexity index is 1340. The van der Waals surface area contributed by atoms with Gasteiger partial charge in [0.25, 0.3) is 0 Å². The van der Waals surface area contributed by atoms with Gasteiger partial charge in [0.05, 0.1) is 11.2 Å². The number of aromatic nitrogens is 5. The van der Waals surface area contributed by atoms with E-state index < -0.39 is 0 Å². The van der Waals surface area contributed by atoms with Crippen LogP contribution in [0.25, 0.3) is 22.5 Å². The summed E-state index contributed by atoms with van der Waals surface area (Å²) < 4.78 is 7.47. The summed E-state index contributed by atoms with van der Waals surface area (Å²) in [5, 5.41) is 10.8. The first kappa shape index (κ1) is 23.3. The Balaban J connectivity index is 0.00000241. The molecule has 2 fully saturated rings. The predicted octanol–water partition coefficient (Wildman–Crippen LogP) is 4.81. The zero-order chi connectivity index (χ0) is 22.6. The summed E-state index contributed by atoms with van der Waals surface area (Å²) in [6, 6.07) is 11.2. The van der Waals surface area contributed by atoms with E-state index in [9.17, 15) is 0 Å². The van der Waals surface area contributed by atoms with Gasteiger partial charge in [-0.25, -0.2) is 4.98 Å². The standard InChI is InChI=1S/C25H28N6OS.ClH/c1-16-5-6-18-11-19(7-8-21(18)27-16)25-12-20(25)13-31(14-25)9-4-10-33-24-29-28-23(30(24)3)22-17(2)26-15-32-22;/h5-8,11,15,20H,4,9-10,12-14H2,1-3H3;1H/t20-,25+;/m0./s1. The van der Waals surface area contributed by atoms with Gasteiger partial charge in [0, 0.05) is 42.4 Å². The molecule has 1 saturated carbocycles. The maximum atomic E-state index is 5.47. The van der Waals surface area contributed by atoms with E-state index in [0.717, 1.165) is 52.5 Å². The minimum atomic E-state index is 0. The Hall–Kier alpha value is -2.42. The van der Waals surface area contributed by atoms with Gasteiger partial charge >= 0.3 is 0 Å². The fraction of sp³-hybridized carbons (Fsp3) is 0.440. The Labute approximate surface area is 209 Å². The first-order valence-electron chi connectivity index (χ1n) is 11.6. The maximum absolute atomic E-state index is 5.47. The van der Waals surface area contributed by atoms with Gasteiger partial charge in [0.1, 0.15) is 0 Å². The topological polar surface area (TPSA) is 72.9 Å². The van der Waals surface area contributed by atoms with Crippen LogP contribution in [0.4, 0.5) is 0 Å². The third-order valence-electron chi connectivity index (χ3n) is 7.25. The zero-order valence-electron chi connectivity index (χ0n) is 19.7. The van der Waals surface area contributed by atoms with Crippen molar-refractivity contribution in [3.63, 3.8) is 0 Å². The average Bonchev–Trinajstić information content (AvgIpc) is 3.10. The number of likely N-dealkylation sites (tertiary alicyclic amines) is 1. The molecule has 0 amide bonds. The van der Waals surface area contributed by atoms with Crippen LogP contribution in [0.2, 0.25) is 0 Å². The number of halogens is 1. The summed E-state index contributed by atoms with van der Waals surface area (Å²) >= 11 is 1.76. The number of aryl methyl sites for hydroxylation is 2. The molecule has 2 atom stereocenters. The van der Waals surface area contributed by atoms with Crippen LogP contribution in [0, 0.1) is 19.8 Å². The summed E-state index contributed by atoms with van der Waals surface area (Å²) in [4.78, 5) is 11.5. The summed E-state index contributed by atoms with van der Waals surface area (Å²) in [7, 11) is 1.98. The number of piperidine rings is 1. The van der Waals surface area contributed by atoms with Crippen LogP contribution in [0.3, 0.4) is 0 Å². The number of benzene rings is 1. The van der Waals surface area contributed by atoms with Crippen molar-refractivity contribution in [2.24, 2.45) is 13.0 Å². The largest absolute Gasteiger partial charge is 0.440 e. The third-order valence-corrected chi connectivity index (χ3v) is 8.36. The second-order valence-electron chi connectivity index (χ2n) is 9.49. The van der Waals surface area contributed by atoms with Crippen molar-refractivity contribution in [1.29, 1.82) is 0 Å². The highest BCUT2D eigenvalue weighted by molar-refractivity contribution is 7.99. The summed E-state index contributed by atoms with van der Waals surface area (Å²) in [6.07, 6.45) is 3.92. The molecule has 1 aliphatic carbocycles. The van der Waals surface area contributed by atoms with E-state index in [2.05, 4.69) is 62.3 Å². The zero-order valence-corrected chi connectivity index (χ0v) is 21.3. The molecular formula is C25H29ClN6OS. The smallest absolute Gasteiger partial charge is 0.202 e. The number of rotatable bonds is 7. The SMILES string of the molecule is Cc1ccc2cc([C@]34C[C@H]3CN(CCCSc3nnc(-c5ocnc5C)n3C)C4)ccc2n1.Cl. The van der Waals surface area contributed by atoms with Crippen molar-refractivity contribution >= 4 is 35.1 Å². The Morgan fingerprint density at radius 1 is 1.18 bits per heavy atom. The van der Waals surface area contributed by atoms with Crippen LogP contribution in [0.15, 0.2) is 46.3 Å². The van der Waals surface area contributed by atoms with E-state index in [1.54, 1.807) is 11.8 Å². The highest BCUT2D eigenvalue weighted by atomic mass is 35.5. The number of oxazole rings is 1. The number of hydrogen-bond donors (Lipinski definition) is 0. The molecule has 34 heavy (non-hydrogen) atoms. The lowest BCUT2D eigenvalue weighted by Gasteiger charge is -2.21. The fourth-order valence-electron chi connectivity index (χ4n) is 5.35. The molecule has 1 aliphatic heterocycles. The van der Waals surface area contributed by atoms with E-state index >= 15 is 0 Å². The highest BCUT2D eigenvalue weighted by Crippen LogP contribution is 2.59. The van der Waals surface area contributed by atoms with E-state index in [1.165, 1.54) is 36.9 Å². The van der Waals surface area contributed by atoms with Gasteiger partial charge in [0.15, 0.2) is 17.3 Å². The van der Waals surface area contributed by atoms with E-state index in [0.29, 0.717) is 11.2 Å². The molecular weight excluding hydrogens is 468 g/mol. The van der Waals surface area contributed by atoms with Crippen molar-refractivity contribution in [3.8, 4) is 11.6 Å². The fourth-order valence-corrected chi connectivity index (χ4v) is 6.18. The molecule has 1 aromatic carbocycles. The van der Waals surface area contributed by atoms with Crippen molar-refractivity contribution in [2.45, 2.75) is 37.3 Å². The van der Waals surface area contributed by atoms with Crippen LogP contribution in [0.5, 0.6) is 0 Å². The number of fused-ring (bicyclic) bond motifs is 2. The molecule has 0 bridgehead atoms. The molecule has 0 spiro atoms. The van der Waals surface area contributed by atoms with Gasteiger partial charge in [-0.1, -0.05) is 23.9 Å². The van der Waals surface area contributed by atoms with Gasteiger partial charge in [-0.15, -0.1) is 22.6 Å². The van der Waals surface area contributed by atoms with Gasteiger partial charge in [0.2, 0.25) is 5.82 Å². The van der Waals surface area contributed by atoms with Crippen molar-refractivity contribution in [3.05, 3.63) is 53.7 Å². The summed E-state index contributed by atoms with van der Waals surface area (Å²) in [5.41, 5.74) is 4.87. The van der Waals surface area contributed by atoms with Crippen LogP contribution < -0.4 is 0 Å². The quantitative estimate of drug-likeness (QED) is 0.268. The number of nitrogens with zero attached hydrogens (tertiary/aromatic N) is 6. The molecule has 6 rings (SSSR count). The molecule has 7 nitrogen and oxygen atoms in total. The minimum absolute atomic E-state index is 0. The van der Waals surface area contributed by atoms with Crippen molar-refractivity contribution in [1.82, 2.24) is 29.6 Å². The van der Waals surface area contributed by atoms with Gasteiger partial charge in [-0.2, -0.15) is 0 Å². The molecule has 0 radical (unpaired) electrons. The van der Waals surface area contributed by atoms with Crippen LogP contribution >= 0.6 is 24.2 Å². The molecule has 9 heteroatoms. The number of pyridine rings is 1. The Kier molecular flexibility index (Phi) is 6.16. The first-order valence-corrected chi connectivity index (χ1v) is 12.5. The molecule has 4 aromatic rings. The van der Waals surface area contributed by atoms with Gasteiger partial charge in [-0.05, 0) is 62.9 Å². The van der Waals surface area contributed by atoms with Crippen molar-refractivity contribution < 1.29 is 4.42 Å². The van der Waals surface area contributed by atoms with E-state index in [1.807, 2.05) is 18.5 Å². The Morgan fingerprint density at radius 3 is 2.88 bits per heavy atom. The normalized spacial score (nSPS) is 21.6. The molecule has 1 saturated heterocycles. The molecule has 178 valence electrons. The molecule has 3 aromatic heterocycles. The second kappa shape index (κ2) is 8.98. The average molecular weight is 497 g/mol. The van der Waals surface area contributed by atoms with E-state index in [4.69, 9.17) is 4.42 Å². The Morgan fingerprint density at radius 2 is 2.06 bits per heavy atom. The summed E-state index contributed by atoms with van der Waals surface area (Å²) in [6.45, 7) is 7.49. The highest BCUT2D eigenvalue weighted by Gasteiger charge is 2.60. The van der Waals surface area contributed by atoms with Gasteiger partial charge < -0.3 is 13.9 Å². The number of hydrogen-bond acceptors (Lipinski definition) is 7. The van der Waals surface area contributed by atoms with E-state index in [-0.39, 0.29) is 12.4 Å². The lowest BCUT2D eigenvalue weighted by atomic mass is 9.93. The molecule has 4 heterocycles. The molecule has 2 aliphatic rings. The van der Waals surface area contributed by atoms with Crippen molar-refractivity contribution in [2.75, 3.05) is 25.4 Å². The van der Waals surface area contributed by atoms with Crippen LogP contribution in [0.1, 0.15) is 29.8 Å². The lowest BCUT2D eigenvalue weighted by molar-refractivity contribution is 0.299. The lowest BCUT2D eigenvalue weighted by Crippen LogP contribution is -2.27. The van der Waals surface area contributed by atoms with Crippen LogP contribution in [-0.4, -0.2) is 55.0 Å². The second-order valence-corrected chi connectivity index (χ2v) is 10.5. The molecule has 0 unspecified atom stereocenters. The summed E-state index contributed by atoms with van der Waals surface area (Å²) in [5.74, 6) is 3.25. The predicted molar refractivity (Wildman–Crippen MR) is 137 cm³/mol.